The van der Waals surface area contributed by atoms with Crippen molar-refractivity contribution < 1.29 is 4.79 Å². The molecule has 5 heteroatoms. The molecular weight excluding hydrogens is 234 g/mol. The Labute approximate surface area is 105 Å². The molecule has 4 nitrogen and oxygen atoms in total. The number of aliphatic imine (C=N–C) groups is 1. The van der Waals surface area contributed by atoms with Gasteiger partial charge in [0.1, 0.15) is 0 Å². The van der Waals surface area contributed by atoms with Crippen LogP contribution in [0, 0.1) is 0 Å². The maximum Gasteiger partial charge on any atom is 0.258 e. The molecule has 17 heavy (non-hydrogen) atoms. The Hall–Kier alpha value is -1.49. The molecule has 1 aliphatic rings. The molecule has 90 valence electrons. The van der Waals surface area contributed by atoms with Gasteiger partial charge in [-0.25, -0.2) is 0 Å². The van der Waals surface area contributed by atoms with Crippen molar-refractivity contribution in [2.45, 2.75) is 0 Å². The van der Waals surface area contributed by atoms with Gasteiger partial charge in [-0.2, -0.15) is 4.99 Å². The highest BCUT2D eigenvalue weighted by atomic mass is 32.2. The molecule has 0 N–H and O–H groups in total. The van der Waals surface area contributed by atoms with Gasteiger partial charge in [0, 0.05) is 32.5 Å². The lowest BCUT2D eigenvalue weighted by atomic mass is 10.2. The lowest BCUT2D eigenvalue weighted by Gasteiger charge is -2.19. The first kappa shape index (κ1) is 12.0. The van der Waals surface area contributed by atoms with E-state index in [1.165, 1.54) is 11.8 Å². The van der Waals surface area contributed by atoms with E-state index in [4.69, 9.17) is 0 Å². The zero-order valence-electron chi connectivity index (χ0n) is 10.2. The Bertz CT molecular complexity index is 453. The van der Waals surface area contributed by atoms with Gasteiger partial charge >= 0.3 is 0 Å². The summed E-state index contributed by atoms with van der Waals surface area (Å²) < 4.78 is 0. The van der Waals surface area contributed by atoms with Crippen LogP contribution in [0.5, 0.6) is 0 Å². The molecule has 1 amide bonds. The van der Waals surface area contributed by atoms with Crippen LogP contribution in [-0.4, -0.2) is 38.0 Å². The van der Waals surface area contributed by atoms with Crippen molar-refractivity contribution in [2.24, 2.45) is 4.99 Å². The molecule has 1 heterocycles. The molecule has 0 saturated heterocycles. The molecule has 0 atom stereocenters. The third-order valence-corrected chi connectivity index (χ3v) is 3.60. The van der Waals surface area contributed by atoms with Crippen molar-refractivity contribution in [1.29, 1.82) is 0 Å². The second-order valence-electron chi connectivity index (χ2n) is 4.05. The third-order valence-electron chi connectivity index (χ3n) is 2.59. The number of benzene rings is 1. The number of thioether (sulfide) groups is 1. The second kappa shape index (κ2) is 4.79. The number of hydrogen-bond acceptors (Lipinski definition) is 4. The number of rotatable bonds is 2. The Morgan fingerprint density at radius 1 is 1.12 bits per heavy atom. The summed E-state index contributed by atoms with van der Waals surface area (Å²) in [6, 6.07) is 8.16. The molecule has 0 bridgehead atoms. The van der Waals surface area contributed by atoms with Crippen molar-refractivity contribution in [3.8, 4) is 0 Å². The van der Waals surface area contributed by atoms with Crippen LogP contribution in [0.3, 0.4) is 0 Å². The van der Waals surface area contributed by atoms with E-state index in [1.807, 2.05) is 50.3 Å². The van der Waals surface area contributed by atoms with Gasteiger partial charge in [-0.15, -0.1) is 0 Å². The van der Waals surface area contributed by atoms with Crippen LogP contribution in [0.2, 0.25) is 0 Å². The minimum Gasteiger partial charge on any atom is -0.378 e. The lowest BCUT2D eigenvalue weighted by Crippen LogP contribution is -2.22. The summed E-state index contributed by atoms with van der Waals surface area (Å²) in [5, 5.41) is 0.771. The molecule has 0 fully saturated rings. The minimum atomic E-state index is -0.0539. The Balaban J connectivity index is 2.17. The average molecular weight is 249 g/mol. The van der Waals surface area contributed by atoms with E-state index in [9.17, 15) is 4.79 Å². The van der Waals surface area contributed by atoms with E-state index < -0.39 is 0 Å². The number of anilines is 2. The van der Waals surface area contributed by atoms with Gasteiger partial charge in [0.2, 0.25) is 0 Å². The van der Waals surface area contributed by atoms with Crippen molar-refractivity contribution in [1.82, 2.24) is 0 Å². The van der Waals surface area contributed by atoms with Crippen molar-refractivity contribution in [2.75, 3.05) is 36.7 Å². The molecule has 0 radical (unpaired) electrons. The normalized spacial score (nSPS) is 14.8. The zero-order chi connectivity index (χ0) is 12.4. The summed E-state index contributed by atoms with van der Waals surface area (Å²) in [5.41, 5.74) is 2.19. The monoisotopic (exact) mass is 249 g/mol. The van der Waals surface area contributed by atoms with Crippen LogP contribution in [-0.2, 0) is 4.79 Å². The smallest absolute Gasteiger partial charge is 0.258 e. The Kier molecular flexibility index (Phi) is 3.38. The summed E-state index contributed by atoms with van der Waals surface area (Å²) in [6.45, 7) is 0. The average Bonchev–Trinajstić information content (AvgIpc) is 2.75. The first-order chi connectivity index (χ1) is 8.08. The standard InChI is InChI=1S/C12H15N3OS/c1-14(2)9-4-6-10(7-5-9)15(3)12-13-11(16)8-17-12/h4-7H,8H2,1-3H3. The SMILES string of the molecule is CN(C)c1ccc(N(C)C2=NC(=O)CS2)cc1. The molecule has 0 saturated carbocycles. The number of amides is 1. The predicted octanol–water partition coefficient (Wildman–Crippen LogP) is 1.82. The van der Waals surface area contributed by atoms with Crippen molar-refractivity contribution in [3.05, 3.63) is 24.3 Å². The molecule has 0 spiro atoms. The van der Waals surface area contributed by atoms with Gasteiger partial charge < -0.3 is 9.80 Å². The van der Waals surface area contributed by atoms with Crippen molar-refractivity contribution in [3.63, 3.8) is 0 Å². The Morgan fingerprint density at radius 3 is 2.18 bits per heavy atom. The van der Waals surface area contributed by atoms with E-state index in [-0.39, 0.29) is 5.91 Å². The first-order valence-electron chi connectivity index (χ1n) is 5.33. The van der Waals surface area contributed by atoms with Gasteiger partial charge in [0.05, 0.1) is 5.75 Å². The fourth-order valence-electron chi connectivity index (χ4n) is 1.55. The highest BCUT2D eigenvalue weighted by molar-refractivity contribution is 8.15. The summed E-state index contributed by atoms with van der Waals surface area (Å²) in [7, 11) is 5.94. The highest BCUT2D eigenvalue weighted by Crippen LogP contribution is 2.23. The highest BCUT2D eigenvalue weighted by Gasteiger charge is 2.19. The summed E-state index contributed by atoms with van der Waals surface area (Å²) in [5.74, 6) is 0.400. The number of carbonyl (C=O) groups is 1. The van der Waals surface area contributed by atoms with Gasteiger partial charge in [0.15, 0.2) is 5.17 Å². The zero-order valence-corrected chi connectivity index (χ0v) is 11.0. The van der Waals surface area contributed by atoms with Gasteiger partial charge in [0.25, 0.3) is 5.91 Å². The van der Waals surface area contributed by atoms with Crippen LogP contribution in [0.1, 0.15) is 0 Å². The number of amidine groups is 1. The van der Waals surface area contributed by atoms with E-state index in [0.29, 0.717) is 5.75 Å². The van der Waals surface area contributed by atoms with E-state index in [2.05, 4.69) is 9.89 Å². The molecule has 2 rings (SSSR count). The topological polar surface area (TPSA) is 35.9 Å². The predicted molar refractivity (Wildman–Crippen MR) is 74.1 cm³/mol. The van der Waals surface area contributed by atoms with Gasteiger partial charge in [-0.3, -0.25) is 4.79 Å². The van der Waals surface area contributed by atoms with E-state index in [1.54, 1.807) is 0 Å². The minimum absolute atomic E-state index is 0.0539. The maximum absolute atomic E-state index is 11.1. The Morgan fingerprint density at radius 2 is 1.71 bits per heavy atom. The maximum atomic E-state index is 11.1. The summed E-state index contributed by atoms with van der Waals surface area (Å²) in [4.78, 5) is 19.1. The molecular formula is C12H15N3OS. The lowest BCUT2D eigenvalue weighted by molar-refractivity contribution is -0.115. The quantitative estimate of drug-likeness (QED) is 0.801. The fourth-order valence-corrected chi connectivity index (χ4v) is 2.34. The number of nitrogens with zero attached hydrogens (tertiary/aromatic N) is 3. The summed E-state index contributed by atoms with van der Waals surface area (Å²) in [6.07, 6.45) is 0. The first-order valence-corrected chi connectivity index (χ1v) is 6.32. The fraction of sp³-hybridized carbons (Fsp3) is 0.333. The van der Waals surface area contributed by atoms with Crippen LogP contribution in [0.25, 0.3) is 0 Å². The van der Waals surface area contributed by atoms with E-state index >= 15 is 0 Å². The molecule has 1 aromatic rings. The van der Waals surface area contributed by atoms with Gasteiger partial charge in [-0.1, -0.05) is 11.8 Å². The summed E-state index contributed by atoms with van der Waals surface area (Å²) >= 11 is 1.48. The molecule has 0 unspecified atom stereocenters. The van der Waals surface area contributed by atoms with Crippen LogP contribution >= 0.6 is 11.8 Å². The number of hydrogen-bond donors (Lipinski definition) is 0. The second-order valence-corrected chi connectivity index (χ2v) is 4.99. The van der Waals surface area contributed by atoms with E-state index in [0.717, 1.165) is 16.5 Å². The molecule has 1 aliphatic heterocycles. The van der Waals surface area contributed by atoms with Crippen LogP contribution in [0.15, 0.2) is 29.3 Å². The van der Waals surface area contributed by atoms with Crippen molar-refractivity contribution >= 4 is 34.2 Å². The van der Waals surface area contributed by atoms with Gasteiger partial charge in [-0.05, 0) is 24.3 Å². The molecule has 1 aromatic carbocycles. The third kappa shape index (κ3) is 2.61. The number of carbonyl (C=O) groups excluding carboxylic acids is 1. The molecule has 0 aromatic heterocycles. The van der Waals surface area contributed by atoms with Crippen LogP contribution in [0.4, 0.5) is 11.4 Å². The van der Waals surface area contributed by atoms with Crippen LogP contribution < -0.4 is 9.80 Å². The molecule has 0 aliphatic carbocycles. The largest absolute Gasteiger partial charge is 0.378 e.